The maximum absolute atomic E-state index is 11.8. The van der Waals surface area contributed by atoms with E-state index >= 15 is 0 Å². The first-order chi connectivity index (χ1) is 19.2. The Morgan fingerprint density at radius 2 is 1.24 bits per heavy atom. The average Bonchev–Trinajstić information content (AvgIpc) is 2.87. The molecule has 0 fully saturated rings. The maximum Gasteiger partial charge on any atom is 0.339 e. The smallest absolute Gasteiger partial charge is 0.339 e. The molecule has 4 N–H and O–H groups in total. The molecule has 7 nitrogen and oxygen atoms in total. The monoisotopic (exact) mass is 562 g/mol. The highest BCUT2D eigenvalue weighted by Gasteiger charge is 2.24. The Labute approximate surface area is 242 Å². The van der Waals surface area contributed by atoms with E-state index in [1.54, 1.807) is 26.0 Å². The van der Waals surface area contributed by atoms with Gasteiger partial charge in [-0.15, -0.1) is 0 Å². The number of hydrogen-bond acceptors (Lipinski definition) is 5. The summed E-state index contributed by atoms with van der Waals surface area (Å²) in [5.74, 6) is -2.09. The van der Waals surface area contributed by atoms with Gasteiger partial charge in [0.15, 0.2) is 0 Å². The fourth-order valence-electron chi connectivity index (χ4n) is 5.11. The highest BCUT2D eigenvalue weighted by atomic mass is 16.5. The summed E-state index contributed by atoms with van der Waals surface area (Å²) >= 11 is 0. The zero-order valence-electron chi connectivity index (χ0n) is 24.9. The summed E-state index contributed by atoms with van der Waals surface area (Å²) in [7, 11) is 0. The van der Waals surface area contributed by atoms with Crippen LogP contribution in [0.3, 0.4) is 0 Å². The largest absolute Gasteiger partial charge is 0.507 e. The van der Waals surface area contributed by atoms with E-state index in [4.69, 9.17) is 4.74 Å². The lowest BCUT2D eigenvalue weighted by atomic mass is 9.82. The number of hydrogen-bond donors (Lipinski definition) is 4. The molecule has 3 rings (SSSR count). The van der Waals surface area contributed by atoms with E-state index in [2.05, 4.69) is 33.8 Å². The van der Waals surface area contributed by atoms with Crippen LogP contribution in [0.4, 0.5) is 0 Å². The van der Waals surface area contributed by atoms with Crippen molar-refractivity contribution >= 4 is 11.9 Å². The molecule has 0 aliphatic rings. The summed E-state index contributed by atoms with van der Waals surface area (Å²) in [5.41, 5.74) is 4.74. The average molecular weight is 563 g/mol. The molecule has 0 radical (unpaired) electrons. The topological polar surface area (TPSA) is 124 Å². The van der Waals surface area contributed by atoms with Crippen LogP contribution < -0.4 is 4.74 Å². The fourth-order valence-corrected chi connectivity index (χ4v) is 5.11. The van der Waals surface area contributed by atoms with Crippen molar-refractivity contribution in [1.82, 2.24) is 0 Å². The molecule has 3 aromatic carbocycles. The number of phenols is 2. The third-order valence-electron chi connectivity index (χ3n) is 7.26. The van der Waals surface area contributed by atoms with Gasteiger partial charge in [0.05, 0.1) is 6.61 Å². The van der Waals surface area contributed by atoms with E-state index in [1.165, 1.54) is 12.1 Å². The molecular formula is C34H42O7. The molecule has 3 aromatic rings. The number of ether oxygens (including phenoxy) is 1. The van der Waals surface area contributed by atoms with Gasteiger partial charge in [0.1, 0.15) is 28.4 Å². The Kier molecular flexibility index (Phi) is 10.1. The maximum atomic E-state index is 11.8. The standard InChI is InChI=1S/C34H42O7/c1-7-8-9-10-11-41-31-25(15-23-13-21(3)30(36)27(18-23)33(39)40)16-24(19-28(31)34(4,5)6)14-22-12-20(2)29(35)26(17-22)32(37)38/h12-13,16-19,35-36H,7-11,14-15H2,1-6H3,(H,37,38)(H,39,40). The molecule has 0 saturated heterocycles. The van der Waals surface area contributed by atoms with E-state index in [-0.39, 0.29) is 28.0 Å². The van der Waals surface area contributed by atoms with Crippen molar-refractivity contribution in [2.24, 2.45) is 0 Å². The van der Waals surface area contributed by atoms with Crippen LogP contribution in [-0.4, -0.2) is 39.0 Å². The van der Waals surface area contributed by atoms with Crippen LogP contribution in [0.5, 0.6) is 17.2 Å². The molecule has 41 heavy (non-hydrogen) atoms. The van der Waals surface area contributed by atoms with Gasteiger partial charge >= 0.3 is 11.9 Å². The number of aromatic carboxylic acids is 2. The first kappa shape index (κ1) is 31.5. The summed E-state index contributed by atoms with van der Waals surface area (Å²) in [6, 6.07) is 10.7. The molecule has 220 valence electrons. The minimum atomic E-state index is -1.19. The Morgan fingerprint density at radius 3 is 1.73 bits per heavy atom. The van der Waals surface area contributed by atoms with E-state index in [9.17, 15) is 30.0 Å². The van der Waals surface area contributed by atoms with Crippen LogP contribution >= 0.6 is 0 Å². The number of carboxylic acids is 2. The van der Waals surface area contributed by atoms with Gasteiger partial charge in [0.2, 0.25) is 0 Å². The minimum Gasteiger partial charge on any atom is -0.507 e. The van der Waals surface area contributed by atoms with Gasteiger partial charge in [-0.3, -0.25) is 0 Å². The van der Waals surface area contributed by atoms with Gasteiger partial charge in [-0.05, 0) is 77.6 Å². The van der Waals surface area contributed by atoms with Crippen LogP contribution in [-0.2, 0) is 18.3 Å². The van der Waals surface area contributed by atoms with E-state index in [0.29, 0.717) is 30.6 Å². The van der Waals surface area contributed by atoms with Crippen molar-refractivity contribution in [2.45, 2.75) is 85.5 Å². The van der Waals surface area contributed by atoms with Gasteiger partial charge in [0, 0.05) is 12.0 Å². The number of benzene rings is 3. The molecule has 0 amide bonds. The first-order valence-corrected chi connectivity index (χ1v) is 14.1. The number of unbranched alkanes of at least 4 members (excludes halogenated alkanes) is 3. The van der Waals surface area contributed by atoms with Gasteiger partial charge in [0.25, 0.3) is 0 Å². The molecular weight excluding hydrogens is 520 g/mol. The van der Waals surface area contributed by atoms with Crippen LogP contribution in [0.15, 0.2) is 36.4 Å². The third kappa shape index (κ3) is 7.81. The number of rotatable bonds is 12. The van der Waals surface area contributed by atoms with E-state index < -0.39 is 11.9 Å². The normalized spacial score (nSPS) is 11.5. The number of carboxylic acid groups (broad SMARTS) is 2. The Morgan fingerprint density at radius 1 is 0.732 bits per heavy atom. The van der Waals surface area contributed by atoms with Crippen molar-refractivity contribution in [3.63, 3.8) is 0 Å². The van der Waals surface area contributed by atoms with Crippen molar-refractivity contribution in [1.29, 1.82) is 0 Å². The highest BCUT2D eigenvalue weighted by molar-refractivity contribution is 5.92. The molecule has 0 spiro atoms. The van der Waals surface area contributed by atoms with Gasteiger partial charge in [-0.2, -0.15) is 0 Å². The Hall–Kier alpha value is -4.00. The first-order valence-electron chi connectivity index (χ1n) is 14.1. The van der Waals surface area contributed by atoms with Crippen LogP contribution in [0.1, 0.15) is 113 Å². The van der Waals surface area contributed by atoms with Crippen molar-refractivity contribution in [3.8, 4) is 17.2 Å². The lowest BCUT2D eigenvalue weighted by molar-refractivity contribution is 0.0682. The molecule has 0 aliphatic carbocycles. The van der Waals surface area contributed by atoms with Crippen LogP contribution in [0.25, 0.3) is 0 Å². The molecule has 0 heterocycles. The summed E-state index contributed by atoms with van der Waals surface area (Å²) < 4.78 is 6.46. The molecule has 0 bridgehead atoms. The van der Waals surface area contributed by atoms with Gasteiger partial charge in [-0.1, -0.05) is 71.2 Å². The van der Waals surface area contributed by atoms with Crippen molar-refractivity contribution in [3.05, 3.63) is 86.5 Å². The lowest BCUT2D eigenvalue weighted by Gasteiger charge is -2.27. The van der Waals surface area contributed by atoms with Gasteiger partial charge in [-0.25, -0.2) is 9.59 Å². The summed E-state index contributed by atoms with van der Waals surface area (Å²) in [6.07, 6.45) is 5.07. The van der Waals surface area contributed by atoms with Crippen molar-refractivity contribution < 1.29 is 34.8 Å². The summed E-state index contributed by atoms with van der Waals surface area (Å²) in [5, 5.41) is 39.8. The quantitative estimate of drug-likeness (QED) is 0.168. The van der Waals surface area contributed by atoms with E-state index in [1.807, 2.05) is 6.07 Å². The second-order valence-electron chi connectivity index (χ2n) is 11.9. The van der Waals surface area contributed by atoms with Crippen LogP contribution in [0, 0.1) is 13.8 Å². The highest BCUT2D eigenvalue weighted by Crippen LogP contribution is 2.38. The molecule has 0 aliphatic heterocycles. The minimum absolute atomic E-state index is 0.135. The Balaban J connectivity index is 2.15. The summed E-state index contributed by atoms with van der Waals surface area (Å²) in [6.45, 7) is 12.4. The number of aromatic hydroxyl groups is 2. The second-order valence-corrected chi connectivity index (χ2v) is 11.9. The number of carbonyl (C=O) groups is 2. The van der Waals surface area contributed by atoms with Crippen LogP contribution in [0.2, 0.25) is 0 Å². The molecule has 0 unspecified atom stereocenters. The molecule has 0 aromatic heterocycles. The fraction of sp³-hybridized carbons (Fsp3) is 0.412. The zero-order chi connectivity index (χ0) is 30.5. The predicted octanol–water partition coefficient (Wildman–Crippen LogP) is 7.55. The Bertz CT molecular complexity index is 1430. The zero-order valence-corrected chi connectivity index (χ0v) is 24.9. The second kappa shape index (κ2) is 13.1. The molecule has 7 heteroatoms. The molecule has 0 saturated carbocycles. The van der Waals surface area contributed by atoms with E-state index in [0.717, 1.165) is 59.3 Å². The number of aryl methyl sites for hydroxylation is 2. The molecule has 0 atom stereocenters. The van der Waals surface area contributed by atoms with Crippen molar-refractivity contribution in [2.75, 3.05) is 6.61 Å². The summed E-state index contributed by atoms with van der Waals surface area (Å²) in [4.78, 5) is 23.5. The predicted molar refractivity (Wildman–Crippen MR) is 160 cm³/mol. The SMILES string of the molecule is CCCCCCOc1c(Cc2cc(C)c(O)c(C(=O)O)c2)cc(Cc2cc(C)c(O)c(C(=O)O)c2)cc1C(C)(C)C. The van der Waals surface area contributed by atoms with Gasteiger partial charge < -0.3 is 25.2 Å². The third-order valence-corrected chi connectivity index (χ3v) is 7.26. The lowest BCUT2D eigenvalue weighted by Crippen LogP contribution is -2.16.